The predicted octanol–water partition coefficient (Wildman–Crippen LogP) is 5.72. The fourth-order valence-corrected chi connectivity index (χ4v) is 3.11. The molecule has 3 heteroatoms. The maximum Gasteiger partial charge on any atom is 0.161 e. The van der Waals surface area contributed by atoms with Crippen molar-refractivity contribution in [3.8, 4) is 0 Å². The van der Waals surface area contributed by atoms with Crippen LogP contribution in [0.15, 0.2) is 91.0 Å². The number of nitrogens with zero attached hydrogens (tertiary/aromatic N) is 1. The van der Waals surface area contributed by atoms with Crippen LogP contribution in [0.25, 0.3) is 10.9 Å². The number of nitrogens with one attached hydrogen (secondary N) is 1. The number of hydrogen-bond donors (Lipinski definition) is 1. The molecule has 0 radical (unpaired) electrons. The van der Waals surface area contributed by atoms with Gasteiger partial charge in [0.1, 0.15) is 0 Å². The summed E-state index contributed by atoms with van der Waals surface area (Å²) in [7, 11) is 0. The van der Waals surface area contributed by atoms with Gasteiger partial charge >= 0.3 is 0 Å². The van der Waals surface area contributed by atoms with E-state index in [1.807, 2.05) is 49.4 Å². The largest absolute Gasteiger partial charge is 0.309 e. The molecule has 3 aromatic carbocycles. The Balaban J connectivity index is 0.000000166. The second kappa shape index (κ2) is 10.3. The Morgan fingerprint density at radius 3 is 1.86 bits per heavy atom. The van der Waals surface area contributed by atoms with Gasteiger partial charge in [-0.15, -0.1) is 0 Å². The summed E-state index contributed by atoms with van der Waals surface area (Å²) < 4.78 is 0. The van der Waals surface area contributed by atoms with Gasteiger partial charge in [0.25, 0.3) is 0 Å². The molecule has 0 fully saturated rings. The first-order valence-corrected chi connectivity index (χ1v) is 9.79. The number of carbonyl (C=O) groups is 1. The fraction of sp³-hybridized carbons (Fsp3) is 0.154. The molecule has 1 aromatic heterocycles. The maximum absolute atomic E-state index is 11.3. The molecule has 0 aliphatic heterocycles. The van der Waals surface area contributed by atoms with Crippen LogP contribution in [0.5, 0.6) is 0 Å². The normalized spacial score (nSPS) is 10.3. The van der Waals surface area contributed by atoms with Crippen LogP contribution < -0.4 is 5.32 Å². The second-order valence-corrected chi connectivity index (χ2v) is 6.94. The Hall–Kier alpha value is -3.30. The molecule has 0 aliphatic rings. The van der Waals surface area contributed by atoms with Gasteiger partial charge in [-0.25, -0.2) is 0 Å². The number of hydrogen-bond acceptors (Lipinski definition) is 3. The van der Waals surface area contributed by atoms with Gasteiger partial charge in [-0.2, -0.15) is 0 Å². The van der Waals surface area contributed by atoms with E-state index in [1.54, 1.807) is 6.92 Å². The summed E-state index contributed by atoms with van der Waals surface area (Å²) in [6.07, 6.45) is 0. The van der Waals surface area contributed by atoms with Crippen molar-refractivity contribution in [2.75, 3.05) is 0 Å². The Bertz CT molecular complexity index is 1020. The standard InChI is InChI=1S/C14H15N.C12H11NO/c1-3-7-13(8-4-1)11-15-12-14-9-5-2-6-10-14;1-8-11(9(2)14)7-10-5-3-4-6-12(10)13-8/h1-10,15H,11-12H2;3-7H,1-2H3. The van der Waals surface area contributed by atoms with Gasteiger partial charge in [-0.05, 0) is 37.1 Å². The summed E-state index contributed by atoms with van der Waals surface area (Å²) in [5.41, 5.74) is 5.11. The van der Waals surface area contributed by atoms with E-state index >= 15 is 0 Å². The minimum atomic E-state index is 0.0701. The molecule has 0 spiro atoms. The minimum Gasteiger partial charge on any atom is -0.309 e. The van der Waals surface area contributed by atoms with E-state index in [4.69, 9.17) is 0 Å². The number of Topliss-reactive ketones (excluding diaryl/α,β-unsaturated/α-hetero) is 1. The zero-order valence-corrected chi connectivity index (χ0v) is 16.9. The van der Waals surface area contributed by atoms with E-state index in [0.29, 0.717) is 5.56 Å². The maximum atomic E-state index is 11.3. The Kier molecular flexibility index (Phi) is 7.26. The number of aryl methyl sites for hydroxylation is 1. The van der Waals surface area contributed by atoms with Crippen LogP contribution in [0.3, 0.4) is 0 Å². The number of para-hydroxylation sites is 1. The second-order valence-electron chi connectivity index (χ2n) is 6.94. The smallest absolute Gasteiger partial charge is 0.161 e. The van der Waals surface area contributed by atoms with E-state index in [9.17, 15) is 4.79 Å². The predicted molar refractivity (Wildman–Crippen MR) is 120 cm³/mol. The molecule has 0 unspecified atom stereocenters. The summed E-state index contributed by atoms with van der Waals surface area (Å²) in [5.74, 6) is 0.0701. The zero-order valence-electron chi connectivity index (χ0n) is 16.9. The first kappa shape index (κ1) is 20.4. The lowest BCUT2D eigenvalue weighted by Crippen LogP contribution is -2.12. The van der Waals surface area contributed by atoms with Gasteiger partial charge in [-0.3, -0.25) is 9.78 Å². The topological polar surface area (TPSA) is 42.0 Å². The van der Waals surface area contributed by atoms with Crippen LogP contribution in [0, 0.1) is 6.92 Å². The molecular weight excluding hydrogens is 356 g/mol. The lowest BCUT2D eigenvalue weighted by Gasteiger charge is -2.04. The SMILES string of the molecule is CC(=O)c1cc2ccccc2nc1C.c1ccc(CNCc2ccccc2)cc1. The fourth-order valence-electron chi connectivity index (χ4n) is 3.11. The highest BCUT2D eigenvalue weighted by Gasteiger charge is 2.06. The van der Waals surface area contributed by atoms with Crippen molar-refractivity contribution >= 4 is 16.7 Å². The van der Waals surface area contributed by atoms with E-state index in [0.717, 1.165) is 29.7 Å². The van der Waals surface area contributed by atoms with Crippen LogP contribution in [0.1, 0.15) is 34.1 Å². The van der Waals surface area contributed by atoms with Crippen LogP contribution in [-0.4, -0.2) is 10.8 Å². The summed E-state index contributed by atoms with van der Waals surface area (Å²) in [4.78, 5) is 15.6. The molecule has 3 nitrogen and oxygen atoms in total. The first-order chi connectivity index (χ1) is 14.1. The lowest BCUT2D eigenvalue weighted by atomic mass is 10.1. The zero-order chi connectivity index (χ0) is 20.5. The Morgan fingerprint density at radius 1 is 0.793 bits per heavy atom. The Morgan fingerprint density at radius 2 is 1.31 bits per heavy atom. The molecule has 0 bridgehead atoms. The van der Waals surface area contributed by atoms with E-state index in [1.165, 1.54) is 11.1 Å². The van der Waals surface area contributed by atoms with Crippen LogP contribution in [-0.2, 0) is 13.1 Å². The van der Waals surface area contributed by atoms with Crippen molar-refractivity contribution in [3.63, 3.8) is 0 Å². The molecule has 0 aliphatic carbocycles. The van der Waals surface area contributed by atoms with Crippen molar-refractivity contribution in [1.29, 1.82) is 0 Å². The van der Waals surface area contributed by atoms with Crippen LogP contribution in [0.4, 0.5) is 0 Å². The molecule has 29 heavy (non-hydrogen) atoms. The van der Waals surface area contributed by atoms with E-state index < -0.39 is 0 Å². The quantitative estimate of drug-likeness (QED) is 0.449. The molecule has 0 saturated heterocycles. The number of carbonyl (C=O) groups excluding carboxylic acids is 1. The average molecular weight is 383 g/mol. The molecule has 1 heterocycles. The van der Waals surface area contributed by atoms with Crippen LogP contribution in [0.2, 0.25) is 0 Å². The average Bonchev–Trinajstić information content (AvgIpc) is 2.75. The highest BCUT2D eigenvalue weighted by atomic mass is 16.1. The Labute approximate surface area is 172 Å². The molecule has 1 N–H and O–H groups in total. The molecule has 0 amide bonds. The molecule has 0 saturated carbocycles. The minimum absolute atomic E-state index is 0.0701. The van der Waals surface area contributed by atoms with Crippen molar-refractivity contribution < 1.29 is 4.79 Å². The van der Waals surface area contributed by atoms with Crippen molar-refractivity contribution in [2.24, 2.45) is 0 Å². The summed E-state index contributed by atoms with van der Waals surface area (Å²) in [6.45, 7) is 5.29. The van der Waals surface area contributed by atoms with Gasteiger partial charge in [0.15, 0.2) is 5.78 Å². The first-order valence-electron chi connectivity index (χ1n) is 9.79. The van der Waals surface area contributed by atoms with Gasteiger partial charge in [0.05, 0.1) is 5.52 Å². The highest BCUT2D eigenvalue weighted by molar-refractivity contribution is 5.98. The molecule has 4 rings (SSSR count). The lowest BCUT2D eigenvalue weighted by molar-refractivity contribution is 0.101. The number of benzene rings is 3. The molecule has 4 aromatic rings. The third kappa shape index (κ3) is 6.09. The number of rotatable bonds is 5. The number of aromatic nitrogens is 1. The van der Waals surface area contributed by atoms with Gasteiger partial charge in [0.2, 0.25) is 0 Å². The third-order valence-electron chi connectivity index (χ3n) is 4.64. The molecule has 146 valence electrons. The van der Waals surface area contributed by atoms with Gasteiger partial charge in [0, 0.05) is 29.7 Å². The number of fused-ring (bicyclic) bond motifs is 1. The highest BCUT2D eigenvalue weighted by Crippen LogP contribution is 2.16. The van der Waals surface area contributed by atoms with Gasteiger partial charge < -0.3 is 5.32 Å². The summed E-state index contributed by atoms with van der Waals surface area (Å²) >= 11 is 0. The van der Waals surface area contributed by atoms with Crippen molar-refractivity contribution in [3.05, 3.63) is 113 Å². The number of ketones is 1. The van der Waals surface area contributed by atoms with Crippen molar-refractivity contribution in [2.45, 2.75) is 26.9 Å². The van der Waals surface area contributed by atoms with Gasteiger partial charge in [-0.1, -0.05) is 78.9 Å². The number of pyridine rings is 1. The third-order valence-corrected chi connectivity index (χ3v) is 4.64. The monoisotopic (exact) mass is 382 g/mol. The van der Waals surface area contributed by atoms with Crippen LogP contribution >= 0.6 is 0 Å². The molecular formula is C26H26N2O. The van der Waals surface area contributed by atoms with Crippen molar-refractivity contribution in [1.82, 2.24) is 10.3 Å². The van der Waals surface area contributed by atoms with E-state index in [-0.39, 0.29) is 5.78 Å². The summed E-state index contributed by atoms with van der Waals surface area (Å²) in [6, 6.07) is 30.6. The summed E-state index contributed by atoms with van der Waals surface area (Å²) in [5, 5.41) is 4.43. The van der Waals surface area contributed by atoms with E-state index in [2.05, 4.69) is 58.8 Å². The molecule has 0 atom stereocenters.